The summed E-state index contributed by atoms with van der Waals surface area (Å²) in [5.74, 6) is 0.235. The minimum absolute atomic E-state index is 0.0467. The average Bonchev–Trinajstić information content (AvgIpc) is 2.69. The zero-order valence-corrected chi connectivity index (χ0v) is 14.0. The van der Waals surface area contributed by atoms with Crippen LogP contribution in [0.3, 0.4) is 0 Å². The summed E-state index contributed by atoms with van der Waals surface area (Å²) in [6.45, 7) is 8.32. The zero-order valence-electron chi connectivity index (χ0n) is 13.1. The number of nitrogens with zero attached hydrogens (tertiary/aromatic N) is 1. The van der Waals surface area contributed by atoms with Gasteiger partial charge in [0.15, 0.2) is 9.84 Å². The van der Waals surface area contributed by atoms with Gasteiger partial charge in [0.1, 0.15) is 0 Å². The van der Waals surface area contributed by atoms with Crippen molar-refractivity contribution in [2.75, 3.05) is 18.1 Å². The van der Waals surface area contributed by atoms with Crippen molar-refractivity contribution in [3.8, 4) is 0 Å². The highest BCUT2D eigenvalue weighted by Gasteiger charge is 2.34. The van der Waals surface area contributed by atoms with E-state index in [2.05, 4.69) is 0 Å². The molecule has 5 heteroatoms. The van der Waals surface area contributed by atoms with Crippen LogP contribution in [0.15, 0.2) is 12.1 Å². The first-order valence-electron chi connectivity index (χ1n) is 7.34. The molecule has 0 saturated carbocycles. The molecule has 0 aromatic heterocycles. The summed E-state index contributed by atoms with van der Waals surface area (Å²) < 4.78 is 23.3. The summed E-state index contributed by atoms with van der Waals surface area (Å²) in [7, 11) is -2.99. The number of hydrogen-bond acceptors (Lipinski definition) is 3. The third kappa shape index (κ3) is 3.28. The van der Waals surface area contributed by atoms with E-state index in [1.165, 1.54) is 0 Å². The third-order valence-corrected chi connectivity index (χ3v) is 5.89. The van der Waals surface area contributed by atoms with E-state index in [1.54, 1.807) is 4.90 Å². The molecule has 0 bridgehead atoms. The average molecular weight is 309 g/mol. The number of carbonyl (C=O) groups excluding carboxylic acids is 1. The number of rotatable bonds is 3. The van der Waals surface area contributed by atoms with Crippen LogP contribution in [0.25, 0.3) is 0 Å². The Labute approximate surface area is 127 Å². The normalized spacial score (nSPS) is 20.5. The second kappa shape index (κ2) is 5.79. The zero-order chi connectivity index (χ0) is 15.8. The Balaban J connectivity index is 2.34. The highest BCUT2D eigenvalue weighted by atomic mass is 32.2. The molecule has 1 atom stereocenters. The largest absolute Gasteiger partial charge is 0.335 e. The molecule has 0 spiro atoms. The highest BCUT2D eigenvalue weighted by Crippen LogP contribution is 2.23. The SMILES string of the molecule is CCN(C(=O)c1c(C)cc(C)cc1C)C1CCS(=O)(=O)C1. The van der Waals surface area contributed by atoms with E-state index in [0.29, 0.717) is 18.5 Å². The Morgan fingerprint density at radius 3 is 2.24 bits per heavy atom. The molecular weight excluding hydrogens is 286 g/mol. The molecule has 4 nitrogen and oxygen atoms in total. The van der Waals surface area contributed by atoms with E-state index in [-0.39, 0.29) is 23.5 Å². The van der Waals surface area contributed by atoms with Gasteiger partial charge in [0, 0.05) is 18.2 Å². The minimum atomic E-state index is -2.99. The molecule has 1 saturated heterocycles. The predicted octanol–water partition coefficient (Wildman–Crippen LogP) is 2.26. The lowest BCUT2D eigenvalue weighted by Crippen LogP contribution is -2.41. The second-order valence-electron chi connectivity index (χ2n) is 5.92. The van der Waals surface area contributed by atoms with Gasteiger partial charge in [-0.1, -0.05) is 17.7 Å². The summed E-state index contributed by atoms with van der Waals surface area (Å²) >= 11 is 0. The smallest absolute Gasteiger partial charge is 0.254 e. The molecule has 0 radical (unpaired) electrons. The van der Waals surface area contributed by atoms with Crippen molar-refractivity contribution < 1.29 is 13.2 Å². The van der Waals surface area contributed by atoms with Gasteiger partial charge in [0.25, 0.3) is 5.91 Å². The first kappa shape index (κ1) is 16.0. The van der Waals surface area contributed by atoms with Crippen LogP contribution in [0.5, 0.6) is 0 Å². The first-order valence-corrected chi connectivity index (χ1v) is 9.16. The molecule has 1 aliphatic rings. The van der Waals surface area contributed by atoms with Gasteiger partial charge in [0.05, 0.1) is 11.5 Å². The van der Waals surface area contributed by atoms with Gasteiger partial charge >= 0.3 is 0 Å². The first-order chi connectivity index (χ1) is 9.75. The van der Waals surface area contributed by atoms with E-state index in [0.717, 1.165) is 16.7 Å². The maximum atomic E-state index is 12.9. The molecule has 1 heterocycles. The summed E-state index contributed by atoms with van der Waals surface area (Å²) in [5, 5.41) is 0. The summed E-state index contributed by atoms with van der Waals surface area (Å²) in [6, 6.07) is 3.81. The molecule has 1 aromatic carbocycles. The van der Waals surface area contributed by atoms with Crippen molar-refractivity contribution in [3.63, 3.8) is 0 Å². The number of amides is 1. The molecule has 1 aliphatic heterocycles. The van der Waals surface area contributed by atoms with E-state index in [9.17, 15) is 13.2 Å². The fraction of sp³-hybridized carbons (Fsp3) is 0.562. The maximum absolute atomic E-state index is 12.9. The van der Waals surface area contributed by atoms with E-state index in [1.807, 2.05) is 39.8 Å². The van der Waals surface area contributed by atoms with Gasteiger partial charge in [-0.3, -0.25) is 4.79 Å². The fourth-order valence-corrected chi connectivity index (χ4v) is 4.98. The van der Waals surface area contributed by atoms with Crippen LogP contribution in [0, 0.1) is 20.8 Å². The fourth-order valence-electron chi connectivity index (χ4n) is 3.25. The van der Waals surface area contributed by atoms with Gasteiger partial charge in [0.2, 0.25) is 0 Å². The van der Waals surface area contributed by atoms with Gasteiger partial charge in [-0.25, -0.2) is 8.42 Å². The number of aryl methyl sites for hydroxylation is 3. The minimum Gasteiger partial charge on any atom is -0.335 e. The number of hydrogen-bond donors (Lipinski definition) is 0. The van der Waals surface area contributed by atoms with E-state index in [4.69, 9.17) is 0 Å². The van der Waals surface area contributed by atoms with Crippen LogP contribution in [0.4, 0.5) is 0 Å². The quantitative estimate of drug-likeness (QED) is 0.860. The Bertz CT molecular complexity index is 641. The number of carbonyl (C=O) groups is 1. The van der Waals surface area contributed by atoms with E-state index >= 15 is 0 Å². The molecule has 116 valence electrons. The van der Waals surface area contributed by atoms with Gasteiger partial charge in [-0.2, -0.15) is 0 Å². The van der Waals surface area contributed by atoms with Gasteiger partial charge in [-0.15, -0.1) is 0 Å². The highest BCUT2D eigenvalue weighted by molar-refractivity contribution is 7.91. The maximum Gasteiger partial charge on any atom is 0.254 e. The van der Waals surface area contributed by atoms with Crippen LogP contribution in [0.2, 0.25) is 0 Å². The third-order valence-electron chi connectivity index (χ3n) is 4.14. The molecule has 1 fully saturated rings. The molecular formula is C16H23NO3S. The van der Waals surface area contributed by atoms with Crippen LogP contribution in [-0.2, 0) is 9.84 Å². The monoisotopic (exact) mass is 309 g/mol. The van der Waals surface area contributed by atoms with Crippen LogP contribution in [-0.4, -0.2) is 43.3 Å². The standard InChI is InChI=1S/C16H23NO3S/c1-5-17(14-6-7-21(19,20)10-14)16(18)15-12(3)8-11(2)9-13(15)4/h8-9,14H,5-7,10H2,1-4H3. The molecule has 1 unspecified atom stereocenters. The Morgan fingerprint density at radius 2 is 1.81 bits per heavy atom. The Hall–Kier alpha value is -1.36. The Kier molecular flexibility index (Phi) is 4.42. The molecule has 1 aromatic rings. The predicted molar refractivity (Wildman–Crippen MR) is 84.4 cm³/mol. The topological polar surface area (TPSA) is 54.5 Å². The van der Waals surface area contributed by atoms with Crippen molar-refractivity contribution in [1.82, 2.24) is 4.90 Å². The van der Waals surface area contributed by atoms with Crippen LogP contribution < -0.4 is 0 Å². The van der Waals surface area contributed by atoms with Crippen LogP contribution in [0.1, 0.15) is 40.4 Å². The van der Waals surface area contributed by atoms with Crippen molar-refractivity contribution in [2.24, 2.45) is 0 Å². The summed E-state index contributed by atoms with van der Waals surface area (Å²) in [5.41, 5.74) is 3.76. The van der Waals surface area contributed by atoms with Gasteiger partial charge < -0.3 is 4.90 Å². The molecule has 1 amide bonds. The van der Waals surface area contributed by atoms with Crippen LogP contribution >= 0.6 is 0 Å². The molecule has 21 heavy (non-hydrogen) atoms. The number of benzene rings is 1. The van der Waals surface area contributed by atoms with E-state index < -0.39 is 9.84 Å². The van der Waals surface area contributed by atoms with Crippen molar-refractivity contribution in [3.05, 3.63) is 34.4 Å². The lowest BCUT2D eigenvalue weighted by molar-refractivity contribution is 0.0707. The second-order valence-corrected chi connectivity index (χ2v) is 8.15. The van der Waals surface area contributed by atoms with Gasteiger partial charge in [-0.05, 0) is 45.2 Å². The summed E-state index contributed by atoms with van der Waals surface area (Å²) in [6.07, 6.45) is 0.547. The lowest BCUT2D eigenvalue weighted by Gasteiger charge is -2.28. The molecule has 2 rings (SSSR count). The summed E-state index contributed by atoms with van der Waals surface area (Å²) in [4.78, 5) is 14.6. The lowest BCUT2D eigenvalue weighted by atomic mass is 9.98. The Morgan fingerprint density at radius 1 is 1.24 bits per heavy atom. The van der Waals surface area contributed by atoms with Crippen molar-refractivity contribution in [1.29, 1.82) is 0 Å². The molecule has 0 N–H and O–H groups in total. The number of sulfone groups is 1. The molecule has 0 aliphatic carbocycles. The van der Waals surface area contributed by atoms with Crippen molar-refractivity contribution in [2.45, 2.75) is 40.2 Å². The van der Waals surface area contributed by atoms with Crippen molar-refractivity contribution >= 4 is 15.7 Å².